The van der Waals surface area contributed by atoms with Crippen molar-refractivity contribution in [1.82, 2.24) is 10.2 Å². The summed E-state index contributed by atoms with van der Waals surface area (Å²) in [6.45, 7) is -5.96. The van der Waals surface area contributed by atoms with Crippen molar-refractivity contribution in [3.05, 3.63) is 42.5 Å². The number of alkyl halides is 4. The number of rotatable bonds is 7. The lowest BCUT2D eigenvalue weighted by Gasteiger charge is -2.10. The summed E-state index contributed by atoms with van der Waals surface area (Å²) in [7, 11) is 1.30. The second-order valence-corrected chi connectivity index (χ2v) is 5.06. The van der Waals surface area contributed by atoms with E-state index in [0.29, 0.717) is 11.1 Å². The number of aromatic nitrogens is 2. The Balaban J connectivity index is 1.87. The largest absolute Gasteiger partial charge is 0.493 e. The zero-order chi connectivity index (χ0) is 19.4. The molecule has 3 aromatic rings. The van der Waals surface area contributed by atoms with E-state index in [-0.39, 0.29) is 29.0 Å². The number of hydrogen-bond donors (Lipinski definition) is 0. The fraction of sp³-hybridized carbons (Fsp3) is 0.176. The normalized spacial score (nSPS) is 11.1. The molecular weight excluding hydrogens is 372 g/mol. The van der Waals surface area contributed by atoms with Gasteiger partial charge >= 0.3 is 13.2 Å². The van der Waals surface area contributed by atoms with Gasteiger partial charge in [0, 0.05) is 11.1 Å². The minimum absolute atomic E-state index is 0.0554. The molecule has 27 heavy (non-hydrogen) atoms. The molecule has 0 radical (unpaired) electrons. The van der Waals surface area contributed by atoms with Gasteiger partial charge < -0.3 is 18.6 Å². The molecule has 0 aliphatic heterocycles. The predicted octanol–water partition coefficient (Wildman–Crippen LogP) is 4.62. The average molecular weight is 384 g/mol. The van der Waals surface area contributed by atoms with Crippen LogP contribution >= 0.6 is 0 Å². The maximum Gasteiger partial charge on any atom is 0.387 e. The molecule has 0 atom stereocenters. The summed E-state index contributed by atoms with van der Waals surface area (Å²) >= 11 is 0. The maximum atomic E-state index is 12.4. The van der Waals surface area contributed by atoms with Crippen molar-refractivity contribution in [2.24, 2.45) is 0 Å². The number of halogens is 4. The zero-order valence-corrected chi connectivity index (χ0v) is 13.7. The van der Waals surface area contributed by atoms with E-state index in [1.807, 2.05) is 0 Å². The van der Waals surface area contributed by atoms with Gasteiger partial charge in [0.25, 0.3) is 0 Å². The van der Waals surface area contributed by atoms with Crippen LogP contribution in [0.4, 0.5) is 17.6 Å². The van der Waals surface area contributed by atoms with Crippen LogP contribution < -0.4 is 14.2 Å². The highest BCUT2D eigenvalue weighted by Crippen LogP contribution is 2.34. The molecule has 1 heterocycles. The molecule has 0 aliphatic rings. The molecule has 0 amide bonds. The number of methoxy groups -OCH3 is 1. The number of hydrogen-bond acceptors (Lipinski definition) is 6. The van der Waals surface area contributed by atoms with Crippen molar-refractivity contribution in [2.45, 2.75) is 13.2 Å². The van der Waals surface area contributed by atoms with Gasteiger partial charge in [0.1, 0.15) is 5.75 Å². The van der Waals surface area contributed by atoms with E-state index in [1.54, 1.807) is 6.07 Å². The average Bonchev–Trinajstić information content (AvgIpc) is 3.11. The van der Waals surface area contributed by atoms with Crippen LogP contribution in [0.25, 0.3) is 22.9 Å². The van der Waals surface area contributed by atoms with Gasteiger partial charge in [-0.15, -0.1) is 10.2 Å². The van der Waals surface area contributed by atoms with Crippen molar-refractivity contribution in [3.63, 3.8) is 0 Å². The van der Waals surface area contributed by atoms with Crippen LogP contribution in [0.1, 0.15) is 0 Å². The molecule has 0 aliphatic carbocycles. The summed E-state index contributed by atoms with van der Waals surface area (Å²) in [6, 6.07) is 9.87. The monoisotopic (exact) mass is 384 g/mol. The van der Waals surface area contributed by atoms with Crippen LogP contribution in [0.2, 0.25) is 0 Å². The van der Waals surface area contributed by atoms with Gasteiger partial charge in [-0.25, -0.2) is 0 Å². The molecule has 1 aromatic heterocycles. The molecule has 0 spiro atoms. The summed E-state index contributed by atoms with van der Waals surface area (Å²) in [4.78, 5) is 0. The maximum absolute atomic E-state index is 12.4. The Morgan fingerprint density at radius 3 is 2.11 bits per heavy atom. The third kappa shape index (κ3) is 4.46. The Morgan fingerprint density at radius 1 is 0.815 bits per heavy atom. The van der Waals surface area contributed by atoms with Gasteiger partial charge in [-0.05, 0) is 36.4 Å². The lowest BCUT2D eigenvalue weighted by atomic mass is 10.2. The third-order valence-corrected chi connectivity index (χ3v) is 3.36. The Kier molecular flexibility index (Phi) is 5.43. The van der Waals surface area contributed by atoms with E-state index in [9.17, 15) is 17.6 Å². The van der Waals surface area contributed by atoms with Gasteiger partial charge in [-0.1, -0.05) is 6.07 Å². The van der Waals surface area contributed by atoms with Crippen LogP contribution in [0.5, 0.6) is 17.2 Å². The van der Waals surface area contributed by atoms with Gasteiger partial charge in [0.15, 0.2) is 11.5 Å². The lowest BCUT2D eigenvalue weighted by Crippen LogP contribution is -2.03. The van der Waals surface area contributed by atoms with Crippen molar-refractivity contribution in [3.8, 4) is 40.2 Å². The topological polar surface area (TPSA) is 66.6 Å². The number of ether oxygens (including phenoxy) is 3. The van der Waals surface area contributed by atoms with Crippen molar-refractivity contribution in [1.29, 1.82) is 0 Å². The predicted molar refractivity (Wildman–Crippen MR) is 85.0 cm³/mol. The van der Waals surface area contributed by atoms with Crippen LogP contribution in [0, 0.1) is 0 Å². The first-order chi connectivity index (χ1) is 13.0. The third-order valence-electron chi connectivity index (χ3n) is 3.36. The standard InChI is InChI=1S/C17H12F4N2O4/c1-24-13-8-10(5-6-12(13)26-17(20)21)15-23-22-14(27-15)9-3-2-4-11(7-9)25-16(18)19/h2-8,16-17H,1H3. The smallest absolute Gasteiger partial charge is 0.387 e. The van der Waals surface area contributed by atoms with Crippen LogP contribution in [0.3, 0.4) is 0 Å². The highest BCUT2D eigenvalue weighted by Gasteiger charge is 2.16. The second-order valence-electron chi connectivity index (χ2n) is 5.06. The molecule has 0 saturated heterocycles. The molecular formula is C17H12F4N2O4. The highest BCUT2D eigenvalue weighted by atomic mass is 19.3. The zero-order valence-electron chi connectivity index (χ0n) is 13.7. The molecule has 10 heteroatoms. The van der Waals surface area contributed by atoms with Gasteiger partial charge in [-0.2, -0.15) is 17.6 Å². The van der Waals surface area contributed by atoms with E-state index in [4.69, 9.17) is 9.15 Å². The SMILES string of the molecule is COc1cc(-c2nnc(-c3cccc(OC(F)F)c3)o2)ccc1OC(F)F. The Bertz CT molecular complexity index is 917. The highest BCUT2D eigenvalue weighted by molar-refractivity contribution is 5.62. The van der Waals surface area contributed by atoms with Crippen LogP contribution in [-0.2, 0) is 0 Å². The van der Waals surface area contributed by atoms with Gasteiger partial charge in [-0.3, -0.25) is 0 Å². The summed E-state index contributed by atoms with van der Waals surface area (Å²) in [5.74, 6) is -0.00573. The van der Waals surface area contributed by atoms with Gasteiger partial charge in [0.05, 0.1) is 7.11 Å². The Hall–Kier alpha value is -3.30. The summed E-state index contributed by atoms with van der Waals surface area (Å²) in [6.07, 6.45) is 0. The van der Waals surface area contributed by atoms with E-state index in [2.05, 4.69) is 19.7 Å². The van der Waals surface area contributed by atoms with Crippen molar-refractivity contribution >= 4 is 0 Å². The molecule has 0 saturated carbocycles. The molecule has 6 nitrogen and oxygen atoms in total. The minimum Gasteiger partial charge on any atom is -0.493 e. The summed E-state index contributed by atoms with van der Waals surface area (Å²) in [5, 5.41) is 7.73. The van der Waals surface area contributed by atoms with Crippen molar-refractivity contribution in [2.75, 3.05) is 7.11 Å². The van der Waals surface area contributed by atoms with Crippen molar-refractivity contribution < 1.29 is 36.2 Å². The lowest BCUT2D eigenvalue weighted by molar-refractivity contribution is -0.0514. The minimum atomic E-state index is -3.00. The molecule has 0 fully saturated rings. The second kappa shape index (κ2) is 7.94. The van der Waals surface area contributed by atoms with E-state index < -0.39 is 13.2 Å². The Labute approximate surface area is 150 Å². The summed E-state index contributed by atoms with van der Waals surface area (Å²) in [5.41, 5.74) is 0.767. The first kappa shape index (κ1) is 18.5. The van der Waals surface area contributed by atoms with Gasteiger partial charge in [0.2, 0.25) is 11.8 Å². The Morgan fingerprint density at radius 2 is 1.48 bits per heavy atom. The van der Waals surface area contributed by atoms with E-state index in [1.165, 1.54) is 43.5 Å². The fourth-order valence-electron chi connectivity index (χ4n) is 2.26. The molecule has 0 unspecified atom stereocenters. The molecule has 0 bridgehead atoms. The fourth-order valence-corrected chi connectivity index (χ4v) is 2.26. The first-order valence-corrected chi connectivity index (χ1v) is 7.48. The van der Waals surface area contributed by atoms with Crippen LogP contribution in [-0.4, -0.2) is 30.5 Å². The van der Waals surface area contributed by atoms with Crippen LogP contribution in [0.15, 0.2) is 46.9 Å². The molecule has 142 valence electrons. The number of benzene rings is 2. The van der Waals surface area contributed by atoms with E-state index in [0.717, 1.165) is 0 Å². The first-order valence-electron chi connectivity index (χ1n) is 7.48. The number of nitrogens with zero attached hydrogens (tertiary/aromatic N) is 2. The summed E-state index contributed by atoms with van der Waals surface area (Å²) < 4.78 is 68.6. The molecule has 2 aromatic carbocycles. The molecule has 3 rings (SSSR count). The molecule has 0 N–H and O–H groups in total. The van der Waals surface area contributed by atoms with E-state index >= 15 is 0 Å². The quantitative estimate of drug-likeness (QED) is 0.554.